The van der Waals surface area contributed by atoms with E-state index in [1.165, 1.54) is 4.31 Å². The average Bonchev–Trinajstić information content (AvgIpc) is 2.85. The molecule has 0 unspecified atom stereocenters. The average molecular weight is 300 g/mol. The van der Waals surface area contributed by atoms with Gasteiger partial charge in [-0.3, -0.25) is 5.10 Å². The summed E-state index contributed by atoms with van der Waals surface area (Å²) in [6.07, 6.45) is 3.90. The monoisotopic (exact) mass is 300 g/mol. The normalized spacial score (nSPS) is 12.2. The van der Waals surface area contributed by atoms with E-state index in [4.69, 9.17) is 0 Å². The molecule has 0 saturated heterocycles. The van der Waals surface area contributed by atoms with Crippen LogP contribution in [0.5, 0.6) is 0 Å². The van der Waals surface area contributed by atoms with Gasteiger partial charge in [0.2, 0.25) is 0 Å². The van der Waals surface area contributed by atoms with Crippen molar-refractivity contribution in [2.75, 3.05) is 13.1 Å². The van der Waals surface area contributed by atoms with E-state index >= 15 is 0 Å². The van der Waals surface area contributed by atoms with E-state index in [0.29, 0.717) is 25.2 Å². The maximum atomic E-state index is 12.6. The smallest absolute Gasteiger partial charge is 0.260 e. The molecule has 0 amide bonds. The maximum absolute atomic E-state index is 12.6. The Morgan fingerprint density at radius 2 is 2.25 bits per heavy atom. The van der Waals surface area contributed by atoms with Crippen LogP contribution in [-0.2, 0) is 16.6 Å². The Labute approximate surface area is 121 Å². The molecule has 0 radical (unpaired) electrons. The lowest BCUT2D eigenvalue weighted by molar-refractivity contribution is 0.437. The zero-order valence-electron chi connectivity index (χ0n) is 12.4. The first-order chi connectivity index (χ1) is 9.43. The molecule has 1 aromatic heterocycles. The molecule has 2 N–H and O–H groups in total. The van der Waals surface area contributed by atoms with Gasteiger partial charge in [-0.05, 0) is 6.42 Å². The van der Waals surface area contributed by atoms with Crippen molar-refractivity contribution in [2.24, 2.45) is 0 Å². The van der Waals surface area contributed by atoms with Crippen LogP contribution < -0.4 is 5.32 Å². The Morgan fingerprint density at radius 1 is 1.55 bits per heavy atom. The second-order valence-electron chi connectivity index (χ2n) is 4.91. The van der Waals surface area contributed by atoms with Crippen LogP contribution in [0.25, 0.3) is 0 Å². The highest BCUT2D eigenvalue weighted by Crippen LogP contribution is 2.18. The van der Waals surface area contributed by atoms with E-state index in [1.54, 1.807) is 12.3 Å². The number of H-pyrrole nitrogens is 1. The van der Waals surface area contributed by atoms with Crippen molar-refractivity contribution >= 4 is 10.0 Å². The highest BCUT2D eigenvalue weighted by atomic mass is 32.2. The van der Waals surface area contributed by atoms with Gasteiger partial charge in [0.25, 0.3) is 10.0 Å². The van der Waals surface area contributed by atoms with Crippen molar-refractivity contribution in [3.8, 4) is 0 Å². The summed E-state index contributed by atoms with van der Waals surface area (Å²) in [5, 5.41) is 9.85. The predicted octanol–water partition coefficient (Wildman–Crippen LogP) is 1.49. The van der Waals surface area contributed by atoms with Gasteiger partial charge in [0.1, 0.15) is 0 Å². The van der Waals surface area contributed by atoms with Gasteiger partial charge in [-0.25, -0.2) is 8.42 Å². The van der Waals surface area contributed by atoms with Crippen molar-refractivity contribution < 1.29 is 8.42 Å². The zero-order chi connectivity index (χ0) is 15.2. The first kappa shape index (κ1) is 16.9. The highest BCUT2D eigenvalue weighted by Gasteiger charge is 2.27. The minimum absolute atomic E-state index is 0.168. The Balaban J connectivity index is 3.01. The van der Waals surface area contributed by atoms with Gasteiger partial charge in [0, 0.05) is 31.2 Å². The number of hydrogen-bond donors (Lipinski definition) is 2. The Morgan fingerprint density at radius 3 is 2.80 bits per heavy atom. The van der Waals surface area contributed by atoms with Crippen molar-refractivity contribution in [1.29, 1.82) is 0 Å². The summed E-state index contributed by atoms with van der Waals surface area (Å²) in [6.45, 7) is 10.8. The van der Waals surface area contributed by atoms with E-state index < -0.39 is 10.0 Å². The number of aromatic nitrogens is 2. The minimum Gasteiger partial charge on any atom is -0.310 e. The Kier molecular flexibility index (Phi) is 6.38. The van der Waals surface area contributed by atoms with Crippen LogP contribution in [0.4, 0.5) is 0 Å². The zero-order valence-corrected chi connectivity index (χ0v) is 13.2. The van der Waals surface area contributed by atoms with Crippen molar-refractivity contribution in [2.45, 2.75) is 44.8 Å². The van der Waals surface area contributed by atoms with Gasteiger partial charge >= 0.3 is 0 Å². The molecule has 114 valence electrons. The van der Waals surface area contributed by atoms with Crippen molar-refractivity contribution in [3.05, 3.63) is 24.4 Å². The molecule has 0 atom stereocenters. The lowest BCUT2D eigenvalue weighted by atomic mass is 10.3. The molecule has 0 saturated carbocycles. The molecule has 1 rings (SSSR count). The SMILES string of the molecule is C=CCN(CCC)S(=O)(=O)c1[nH]ncc1CNC(C)C. The number of nitrogens with zero attached hydrogens (tertiary/aromatic N) is 2. The van der Waals surface area contributed by atoms with E-state index in [1.807, 2.05) is 20.8 Å². The van der Waals surface area contributed by atoms with Crippen LogP contribution in [0.3, 0.4) is 0 Å². The molecule has 0 aromatic carbocycles. The minimum atomic E-state index is -3.56. The second-order valence-corrected chi connectivity index (χ2v) is 6.79. The van der Waals surface area contributed by atoms with Gasteiger partial charge in [-0.2, -0.15) is 9.40 Å². The number of rotatable bonds is 9. The van der Waals surface area contributed by atoms with Gasteiger partial charge in [-0.1, -0.05) is 26.8 Å². The molecule has 0 bridgehead atoms. The Bertz CT molecular complexity index is 522. The third-order valence-corrected chi connectivity index (χ3v) is 4.66. The largest absolute Gasteiger partial charge is 0.310 e. The van der Waals surface area contributed by atoms with Crippen molar-refractivity contribution in [3.63, 3.8) is 0 Å². The molecule has 1 aromatic rings. The van der Waals surface area contributed by atoms with E-state index in [0.717, 1.165) is 6.42 Å². The quantitative estimate of drug-likeness (QED) is 0.677. The fourth-order valence-electron chi connectivity index (χ4n) is 1.79. The topological polar surface area (TPSA) is 78.1 Å². The molecular formula is C13H24N4O2S. The predicted molar refractivity (Wildman–Crippen MR) is 79.8 cm³/mol. The van der Waals surface area contributed by atoms with Gasteiger partial charge in [0.15, 0.2) is 5.03 Å². The molecular weight excluding hydrogens is 276 g/mol. The second kappa shape index (κ2) is 7.56. The molecule has 0 spiro atoms. The summed E-state index contributed by atoms with van der Waals surface area (Å²) in [7, 11) is -3.56. The summed E-state index contributed by atoms with van der Waals surface area (Å²) < 4.78 is 26.6. The molecule has 0 aliphatic rings. The maximum Gasteiger partial charge on any atom is 0.260 e. The van der Waals surface area contributed by atoms with Gasteiger partial charge in [0.05, 0.1) is 6.20 Å². The summed E-state index contributed by atoms with van der Waals surface area (Å²) in [4.78, 5) is 0. The number of sulfonamides is 1. The molecule has 7 heteroatoms. The van der Waals surface area contributed by atoms with Gasteiger partial charge < -0.3 is 5.32 Å². The van der Waals surface area contributed by atoms with Crippen LogP contribution in [0, 0.1) is 0 Å². The standard InChI is InChI=1S/C13H24N4O2S/c1-5-7-17(8-6-2)20(18,19)13-12(10-15-16-13)9-14-11(3)4/h5,10-11,14H,1,6-9H2,2-4H3,(H,15,16). The lowest BCUT2D eigenvalue weighted by Gasteiger charge is -2.20. The first-order valence-electron chi connectivity index (χ1n) is 6.80. The van der Waals surface area contributed by atoms with Gasteiger partial charge in [-0.15, -0.1) is 6.58 Å². The molecule has 0 aliphatic heterocycles. The van der Waals surface area contributed by atoms with E-state index in [2.05, 4.69) is 22.1 Å². The first-order valence-corrected chi connectivity index (χ1v) is 8.24. The summed E-state index contributed by atoms with van der Waals surface area (Å²) in [5.41, 5.74) is 0.656. The van der Waals surface area contributed by atoms with Crippen LogP contribution in [0.2, 0.25) is 0 Å². The fourth-order valence-corrected chi connectivity index (χ4v) is 3.40. The highest BCUT2D eigenvalue weighted by molar-refractivity contribution is 7.89. The summed E-state index contributed by atoms with van der Waals surface area (Å²) in [6, 6.07) is 0.278. The number of hydrogen-bond acceptors (Lipinski definition) is 4. The van der Waals surface area contributed by atoms with Crippen molar-refractivity contribution in [1.82, 2.24) is 19.8 Å². The fraction of sp³-hybridized carbons (Fsp3) is 0.615. The molecule has 0 fully saturated rings. The summed E-state index contributed by atoms with van der Waals surface area (Å²) >= 11 is 0. The molecule has 1 heterocycles. The van der Waals surface area contributed by atoms with Crippen LogP contribution in [0.1, 0.15) is 32.8 Å². The molecule has 20 heavy (non-hydrogen) atoms. The Hall–Kier alpha value is -1.18. The van der Waals surface area contributed by atoms with Crippen LogP contribution in [-0.4, -0.2) is 42.1 Å². The van der Waals surface area contributed by atoms with Crippen LogP contribution >= 0.6 is 0 Å². The number of aromatic amines is 1. The summed E-state index contributed by atoms with van der Waals surface area (Å²) in [5.74, 6) is 0. The van der Waals surface area contributed by atoms with E-state index in [9.17, 15) is 8.42 Å². The van der Waals surface area contributed by atoms with Crippen LogP contribution in [0.15, 0.2) is 23.9 Å². The van der Waals surface area contributed by atoms with E-state index in [-0.39, 0.29) is 11.1 Å². The molecule has 6 nitrogen and oxygen atoms in total. The third kappa shape index (κ3) is 4.16. The molecule has 0 aliphatic carbocycles. The third-order valence-electron chi connectivity index (χ3n) is 2.78. The lowest BCUT2D eigenvalue weighted by Crippen LogP contribution is -2.33. The number of nitrogens with one attached hydrogen (secondary N) is 2.